The number of aliphatic hydroxyl groups is 1. The van der Waals surface area contributed by atoms with Crippen molar-refractivity contribution >= 4 is 23.2 Å². The van der Waals surface area contributed by atoms with Crippen molar-refractivity contribution in [1.29, 1.82) is 0 Å². The van der Waals surface area contributed by atoms with E-state index in [0.29, 0.717) is 24.6 Å². The van der Waals surface area contributed by atoms with Gasteiger partial charge in [-0.3, -0.25) is 4.79 Å². The minimum atomic E-state index is -0.0556. The molecule has 0 fully saturated rings. The Morgan fingerprint density at radius 1 is 1.50 bits per heavy atom. The van der Waals surface area contributed by atoms with Crippen molar-refractivity contribution in [3.05, 3.63) is 23.2 Å². The first-order valence-corrected chi connectivity index (χ1v) is 7.96. The highest BCUT2D eigenvalue weighted by atomic mass is 35.5. The minimum absolute atomic E-state index is 0.0163. The van der Waals surface area contributed by atoms with Gasteiger partial charge in [-0.05, 0) is 30.5 Å². The molecule has 0 radical (unpaired) electrons. The highest BCUT2D eigenvalue weighted by Gasteiger charge is 2.22. The summed E-state index contributed by atoms with van der Waals surface area (Å²) >= 11 is 6.04. The van der Waals surface area contributed by atoms with Gasteiger partial charge in [-0.2, -0.15) is 0 Å². The fraction of sp³-hybridized carbons (Fsp3) is 0.562. The van der Waals surface area contributed by atoms with Gasteiger partial charge in [-0.15, -0.1) is 0 Å². The maximum atomic E-state index is 12.3. The second-order valence-electron chi connectivity index (χ2n) is 5.81. The van der Waals surface area contributed by atoms with Crippen LogP contribution < -0.4 is 15.0 Å². The summed E-state index contributed by atoms with van der Waals surface area (Å²) in [6, 6.07) is 5.40. The van der Waals surface area contributed by atoms with E-state index in [4.69, 9.17) is 21.4 Å². The van der Waals surface area contributed by atoms with Crippen molar-refractivity contribution in [2.45, 2.75) is 26.3 Å². The molecular formula is C16H23ClN2O3. The van der Waals surface area contributed by atoms with Gasteiger partial charge in [-0.1, -0.05) is 25.4 Å². The lowest BCUT2D eigenvalue weighted by molar-refractivity contribution is -0.120. The molecular weight excluding hydrogens is 304 g/mol. The van der Waals surface area contributed by atoms with Gasteiger partial charge in [0, 0.05) is 17.7 Å². The zero-order chi connectivity index (χ0) is 16.1. The summed E-state index contributed by atoms with van der Waals surface area (Å²) in [5, 5.41) is 12.7. The van der Waals surface area contributed by atoms with Crippen molar-refractivity contribution in [3.63, 3.8) is 0 Å². The molecule has 2 rings (SSSR count). The number of aliphatic hydroxyl groups excluding tert-OH is 1. The van der Waals surface area contributed by atoms with Gasteiger partial charge in [0.05, 0.1) is 18.8 Å². The summed E-state index contributed by atoms with van der Waals surface area (Å²) < 4.78 is 5.58. The largest absolute Gasteiger partial charge is 0.490 e. The molecule has 1 heterocycles. The Bertz CT molecular complexity index is 522. The number of rotatable bonds is 6. The zero-order valence-electron chi connectivity index (χ0n) is 13.0. The molecule has 2 N–H and O–H groups in total. The predicted octanol–water partition coefficient (Wildman–Crippen LogP) is 2.06. The summed E-state index contributed by atoms with van der Waals surface area (Å²) in [7, 11) is 0. The van der Waals surface area contributed by atoms with Crippen LogP contribution in [0.3, 0.4) is 0 Å². The molecule has 0 bridgehead atoms. The molecule has 1 aliphatic heterocycles. The van der Waals surface area contributed by atoms with Gasteiger partial charge in [0.25, 0.3) is 0 Å². The number of carbonyl (C=O) groups excluding carboxylic acids is 1. The SMILES string of the molecule is CC(C)C(CCO)NC(=O)CN1CCOc2ccc(Cl)cc21. The van der Waals surface area contributed by atoms with E-state index in [1.54, 1.807) is 6.07 Å². The van der Waals surface area contributed by atoms with Crippen molar-refractivity contribution < 1.29 is 14.6 Å². The molecule has 0 aromatic heterocycles. The number of halogens is 1. The van der Waals surface area contributed by atoms with Gasteiger partial charge < -0.3 is 20.1 Å². The molecule has 0 spiro atoms. The molecule has 1 aromatic carbocycles. The fourth-order valence-corrected chi connectivity index (χ4v) is 2.71. The van der Waals surface area contributed by atoms with Crippen LogP contribution in [0.1, 0.15) is 20.3 Å². The molecule has 122 valence electrons. The zero-order valence-corrected chi connectivity index (χ0v) is 13.8. The summed E-state index contributed by atoms with van der Waals surface area (Å²) in [5.74, 6) is 0.974. The Morgan fingerprint density at radius 2 is 2.27 bits per heavy atom. The molecule has 1 unspecified atom stereocenters. The van der Waals surface area contributed by atoms with Crippen LogP contribution in [0.25, 0.3) is 0 Å². The van der Waals surface area contributed by atoms with Crippen LogP contribution in [0.5, 0.6) is 5.75 Å². The van der Waals surface area contributed by atoms with Gasteiger partial charge in [0.15, 0.2) is 0 Å². The molecule has 0 saturated heterocycles. The number of amides is 1. The van der Waals surface area contributed by atoms with E-state index >= 15 is 0 Å². The molecule has 6 heteroatoms. The van der Waals surface area contributed by atoms with Crippen LogP contribution in [0.4, 0.5) is 5.69 Å². The summed E-state index contributed by atoms with van der Waals surface area (Å²) in [6.07, 6.45) is 0.564. The summed E-state index contributed by atoms with van der Waals surface area (Å²) in [4.78, 5) is 14.3. The van der Waals surface area contributed by atoms with Crippen LogP contribution in [-0.4, -0.2) is 43.4 Å². The number of hydrogen-bond acceptors (Lipinski definition) is 4. The average molecular weight is 327 g/mol. The lowest BCUT2D eigenvalue weighted by atomic mass is 10.0. The Labute approximate surface area is 136 Å². The maximum absolute atomic E-state index is 12.3. The van der Waals surface area contributed by atoms with E-state index in [0.717, 1.165) is 11.4 Å². The second kappa shape index (κ2) is 7.70. The summed E-state index contributed by atoms with van der Waals surface area (Å²) in [5.41, 5.74) is 0.845. The van der Waals surface area contributed by atoms with E-state index in [1.165, 1.54) is 0 Å². The van der Waals surface area contributed by atoms with Crippen LogP contribution in [0.2, 0.25) is 5.02 Å². The number of fused-ring (bicyclic) bond motifs is 1. The number of nitrogens with zero attached hydrogens (tertiary/aromatic N) is 1. The smallest absolute Gasteiger partial charge is 0.239 e. The Kier molecular flexibility index (Phi) is 5.91. The molecule has 1 atom stereocenters. The third-order valence-corrected chi connectivity index (χ3v) is 4.04. The first-order chi connectivity index (χ1) is 10.5. The van der Waals surface area contributed by atoms with Crippen LogP contribution in [-0.2, 0) is 4.79 Å². The molecule has 1 aromatic rings. The maximum Gasteiger partial charge on any atom is 0.239 e. The Hall–Kier alpha value is -1.46. The van der Waals surface area contributed by atoms with E-state index in [1.807, 2.05) is 30.9 Å². The number of hydrogen-bond donors (Lipinski definition) is 2. The van der Waals surface area contributed by atoms with Gasteiger partial charge in [-0.25, -0.2) is 0 Å². The van der Waals surface area contributed by atoms with Crippen molar-refractivity contribution in [2.75, 3.05) is 31.2 Å². The predicted molar refractivity (Wildman–Crippen MR) is 87.6 cm³/mol. The Balaban J connectivity index is 2.02. The van der Waals surface area contributed by atoms with Gasteiger partial charge in [0.2, 0.25) is 5.91 Å². The van der Waals surface area contributed by atoms with Crippen LogP contribution in [0, 0.1) is 5.92 Å². The lowest BCUT2D eigenvalue weighted by Gasteiger charge is -2.31. The lowest BCUT2D eigenvalue weighted by Crippen LogP contribution is -2.46. The Morgan fingerprint density at radius 3 is 2.95 bits per heavy atom. The number of anilines is 1. The molecule has 1 amide bonds. The number of nitrogens with one attached hydrogen (secondary N) is 1. The number of ether oxygens (including phenoxy) is 1. The number of carbonyl (C=O) groups is 1. The third kappa shape index (κ3) is 4.27. The van der Waals surface area contributed by atoms with E-state index < -0.39 is 0 Å². The fourth-order valence-electron chi connectivity index (χ4n) is 2.55. The first kappa shape index (κ1) is 16.9. The highest BCUT2D eigenvalue weighted by molar-refractivity contribution is 6.31. The van der Waals surface area contributed by atoms with Crippen molar-refractivity contribution in [2.24, 2.45) is 5.92 Å². The topological polar surface area (TPSA) is 61.8 Å². The van der Waals surface area contributed by atoms with Crippen LogP contribution >= 0.6 is 11.6 Å². The van der Waals surface area contributed by atoms with Crippen molar-refractivity contribution in [1.82, 2.24) is 5.32 Å². The normalized spacial score (nSPS) is 15.2. The molecule has 1 aliphatic rings. The van der Waals surface area contributed by atoms with Gasteiger partial charge >= 0.3 is 0 Å². The van der Waals surface area contributed by atoms with Crippen LogP contribution in [0.15, 0.2) is 18.2 Å². The molecule has 22 heavy (non-hydrogen) atoms. The van der Waals surface area contributed by atoms with Gasteiger partial charge in [0.1, 0.15) is 12.4 Å². The van der Waals surface area contributed by atoms with E-state index in [2.05, 4.69) is 5.32 Å². The molecule has 5 nitrogen and oxygen atoms in total. The van der Waals surface area contributed by atoms with Crippen molar-refractivity contribution in [3.8, 4) is 5.75 Å². The highest BCUT2D eigenvalue weighted by Crippen LogP contribution is 2.33. The quantitative estimate of drug-likeness (QED) is 0.840. The standard InChI is InChI=1S/C16H23ClN2O3/c1-11(2)13(5-7-20)18-16(21)10-19-6-8-22-15-4-3-12(17)9-14(15)19/h3-4,9,11,13,20H,5-8,10H2,1-2H3,(H,18,21). The molecule has 0 saturated carbocycles. The molecule has 0 aliphatic carbocycles. The average Bonchev–Trinajstić information content (AvgIpc) is 2.47. The number of benzene rings is 1. The minimum Gasteiger partial charge on any atom is -0.490 e. The second-order valence-corrected chi connectivity index (χ2v) is 6.25. The third-order valence-electron chi connectivity index (χ3n) is 3.81. The van der Waals surface area contributed by atoms with E-state index in [-0.39, 0.29) is 31.0 Å². The monoisotopic (exact) mass is 326 g/mol. The summed E-state index contributed by atoms with van der Waals surface area (Å²) in [6.45, 7) is 5.58. The first-order valence-electron chi connectivity index (χ1n) is 7.58. The van der Waals surface area contributed by atoms with E-state index in [9.17, 15) is 4.79 Å².